The second kappa shape index (κ2) is 4.26. The van der Waals surface area contributed by atoms with Crippen LogP contribution < -0.4 is 5.43 Å². The van der Waals surface area contributed by atoms with Crippen molar-refractivity contribution in [2.24, 2.45) is 0 Å². The first-order valence-electron chi connectivity index (χ1n) is 5.97. The summed E-state index contributed by atoms with van der Waals surface area (Å²) in [4.78, 5) is 23.4. The van der Waals surface area contributed by atoms with Gasteiger partial charge in [-0.2, -0.15) is 0 Å². The third-order valence-electron chi connectivity index (χ3n) is 3.20. The SMILES string of the molecule is O=C1CCc2c(oc(-c3ccccc3)cc2=O)C1. The quantitative estimate of drug-likeness (QED) is 0.768. The smallest absolute Gasteiger partial charge is 0.188 e. The second-order valence-electron chi connectivity index (χ2n) is 4.46. The summed E-state index contributed by atoms with van der Waals surface area (Å²) in [5.41, 5.74) is 1.49. The standard InChI is InChI=1S/C15H12O3/c16-11-6-7-12-13(17)9-14(18-15(12)8-11)10-4-2-1-3-5-10/h1-5,9H,6-8H2. The molecule has 0 atom stereocenters. The molecule has 3 heteroatoms. The molecule has 1 aliphatic rings. The molecule has 0 N–H and O–H groups in total. The second-order valence-corrected chi connectivity index (χ2v) is 4.46. The van der Waals surface area contributed by atoms with E-state index in [-0.39, 0.29) is 17.6 Å². The third kappa shape index (κ3) is 1.88. The fourth-order valence-corrected chi connectivity index (χ4v) is 2.25. The van der Waals surface area contributed by atoms with Gasteiger partial charge in [0.15, 0.2) is 5.43 Å². The van der Waals surface area contributed by atoms with Crippen LogP contribution in [0.1, 0.15) is 17.7 Å². The molecule has 0 radical (unpaired) electrons. The van der Waals surface area contributed by atoms with Crippen molar-refractivity contribution in [2.45, 2.75) is 19.3 Å². The van der Waals surface area contributed by atoms with Gasteiger partial charge in [0.2, 0.25) is 0 Å². The van der Waals surface area contributed by atoms with Crippen molar-refractivity contribution in [1.82, 2.24) is 0 Å². The molecule has 0 amide bonds. The van der Waals surface area contributed by atoms with Crippen molar-refractivity contribution in [3.63, 3.8) is 0 Å². The molecule has 3 nitrogen and oxygen atoms in total. The lowest BCUT2D eigenvalue weighted by molar-refractivity contribution is -0.119. The van der Waals surface area contributed by atoms with Crippen molar-refractivity contribution in [3.05, 3.63) is 57.9 Å². The van der Waals surface area contributed by atoms with Gasteiger partial charge in [-0.3, -0.25) is 9.59 Å². The number of carbonyl (C=O) groups excluding carboxylic acids is 1. The Balaban J connectivity index is 2.14. The number of benzene rings is 1. The van der Waals surface area contributed by atoms with E-state index < -0.39 is 0 Å². The molecule has 1 aromatic heterocycles. The first kappa shape index (κ1) is 11.0. The summed E-state index contributed by atoms with van der Waals surface area (Å²) in [6, 6.07) is 11.0. The molecule has 1 aliphatic carbocycles. The van der Waals surface area contributed by atoms with E-state index in [0.29, 0.717) is 29.9 Å². The molecule has 18 heavy (non-hydrogen) atoms. The lowest BCUT2D eigenvalue weighted by Crippen LogP contribution is -2.21. The Labute approximate surface area is 104 Å². The summed E-state index contributed by atoms with van der Waals surface area (Å²) in [6.45, 7) is 0. The highest BCUT2D eigenvalue weighted by Gasteiger charge is 2.21. The molecule has 90 valence electrons. The van der Waals surface area contributed by atoms with E-state index in [1.165, 1.54) is 6.07 Å². The number of rotatable bonds is 1. The zero-order valence-electron chi connectivity index (χ0n) is 9.81. The molecule has 0 bridgehead atoms. The largest absolute Gasteiger partial charge is 0.460 e. The van der Waals surface area contributed by atoms with Crippen LogP contribution in [0, 0.1) is 0 Å². The molecule has 3 rings (SSSR count). The monoisotopic (exact) mass is 240 g/mol. The van der Waals surface area contributed by atoms with Gasteiger partial charge in [0.05, 0.1) is 6.42 Å². The van der Waals surface area contributed by atoms with Crippen molar-refractivity contribution < 1.29 is 9.21 Å². The molecular formula is C15H12O3. The number of fused-ring (bicyclic) bond motifs is 1. The maximum Gasteiger partial charge on any atom is 0.188 e. The van der Waals surface area contributed by atoms with Gasteiger partial charge in [0.25, 0.3) is 0 Å². The van der Waals surface area contributed by atoms with E-state index in [4.69, 9.17) is 4.42 Å². The van der Waals surface area contributed by atoms with Gasteiger partial charge in [-0.05, 0) is 6.42 Å². The molecule has 1 heterocycles. The zero-order valence-corrected chi connectivity index (χ0v) is 9.81. The molecule has 0 unspecified atom stereocenters. The summed E-state index contributed by atoms with van der Waals surface area (Å²) in [7, 11) is 0. The van der Waals surface area contributed by atoms with Crippen molar-refractivity contribution >= 4 is 5.78 Å². The summed E-state index contributed by atoms with van der Waals surface area (Å²) >= 11 is 0. The molecule has 0 fully saturated rings. The average Bonchev–Trinajstić information content (AvgIpc) is 2.39. The van der Waals surface area contributed by atoms with Crippen LogP contribution in [-0.2, 0) is 17.6 Å². The highest BCUT2D eigenvalue weighted by atomic mass is 16.3. The minimum atomic E-state index is -0.0254. The van der Waals surface area contributed by atoms with Crippen LogP contribution in [-0.4, -0.2) is 5.78 Å². The van der Waals surface area contributed by atoms with Crippen molar-refractivity contribution in [3.8, 4) is 11.3 Å². The fraction of sp³-hybridized carbons (Fsp3) is 0.200. The van der Waals surface area contributed by atoms with E-state index in [1.807, 2.05) is 30.3 Å². The summed E-state index contributed by atoms with van der Waals surface area (Å²) < 4.78 is 5.72. The van der Waals surface area contributed by atoms with Gasteiger partial charge in [-0.15, -0.1) is 0 Å². The minimum absolute atomic E-state index is 0.0254. The van der Waals surface area contributed by atoms with Crippen molar-refractivity contribution in [2.75, 3.05) is 0 Å². The first-order chi connectivity index (χ1) is 8.74. The molecule has 0 saturated heterocycles. The highest BCUT2D eigenvalue weighted by Crippen LogP contribution is 2.23. The molecule has 1 aromatic carbocycles. The maximum absolute atomic E-state index is 12.0. The highest BCUT2D eigenvalue weighted by molar-refractivity contribution is 5.82. The Hall–Kier alpha value is -2.16. The summed E-state index contributed by atoms with van der Waals surface area (Å²) in [6.07, 6.45) is 1.19. The fourth-order valence-electron chi connectivity index (χ4n) is 2.25. The Morgan fingerprint density at radius 2 is 1.78 bits per heavy atom. The lowest BCUT2D eigenvalue weighted by Gasteiger charge is -2.13. The van der Waals surface area contributed by atoms with Crippen LogP contribution in [0.15, 0.2) is 45.6 Å². The predicted octanol–water partition coefficient (Wildman–Crippen LogP) is 2.36. The third-order valence-corrected chi connectivity index (χ3v) is 3.20. The van der Waals surface area contributed by atoms with Crippen LogP contribution in [0.3, 0.4) is 0 Å². The summed E-state index contributed by atoms with van der Waals surface area (Å²) in [5, 5.41) is 0. The van der Waals surface area contributed by atoms with Crippen LogP contribution in [0.5, 0.6) is 0 Å². The van der Waals surface area contributed by atoms with E-state index in [1.54, 1.807) is 0 Å². The predicted molar refractivity (Wildman–Crippen MR) is 67.4 cm³/mol. The van der Waals surface area contributed by atoms with Gasteiger partial charge in [0, 0.05) is 23.6 Å². The molecule has 0 spiro atoms. The zero-order chi connectivity index (χ0) is 12.5. The number of carbonyl (C=O) groups is 1. The van der Waals surface area contributed by atoms with E-state index in [9.17, 15) is 9.59 Å². The lowest BCUT2D eigenvalue weighted by atomic mass is 9.95. The number of ketones is 1. The van der Waals surface area contributed by atoms with Crippen LogP contribution in [0.4, 0.5) is 0 Å². The van der Waals surface area contributed by atoms with E-state index in [0.717, 1.165) is 5.56 Å². The normalized spacial score (nSPS) is 14.3. The van der Waals surface area contributed by atoms with Gasteiger partial charge in [-0.25, -0.2) is 0 Å². The van der Waals surface area contributed by atoms with Crippen molar-refractivity contribution in [1.29, 1.82) is 0 Å². The Kier molecular flexibility index (Phi) is 2.59. The number of Topliss-reactive ketones (excluding diaryl/α,β-unsaturated/α-hetero) is 1. The van der Waals surface area contributed by atoms with Gasteiger partial charge in [-0.1, -0.05) is 30.3 Å². The van der Waals surface area contributed by atoms with Gasteiger partial charge >= 0.3 is 0 Å². The topological polar surface area (TPSA) is 47.3 Å². The van der Waals surface area contributed by atoms with Gasteiger partial charge in [0.1, 0.15) is 17.3 Å². The Bertz CT molecular complexity index is 653. The molecule has 0 aliphatic heterocycles. The van der Waals surface area contributed by atoms with Crippen LogP contribution in [0.25, 0.3) is 11.3 Å². The molecule has 2 aromatic rings. The number of hydrogen-bond donors (Lipinski definition) is 0. The van der Waals surface area contributed by atoms with E-state index >= 15 is 0 Å². The Morgan fingerprint density at radius 1 is 1.00 bits per heavy atom. The minimum Gasteiger partial charge on any atom is -0.460 e. The average molecular weight is 240 g/mol. The summed E-state index contributed by atoms with van der Waals surface area (Å²) in [5.74, 6) is 1.21. The molecular weight excluding hydrogens is 228 g/mol. The Morgan fingerprint density at radius 3 is 2.56 bits per heavy atom. The first-order valence-corrected chi connectivity index (χ1v) is 5.97. The maximum atomic E-state index is 12.0. The van der Waals surface area contributed by atoms with E-state index in [2.05, 4.69) is 0 Å². The number of hydrogen-bond acceptors (Lipinski definition) is 3. The van der Waals surface area contributed by atoms with Gasteiger partial charge < -0.3 is 4.42 Å². The van der Waals surface area contributed by atoms with Crippen LogP contribution >= 0.6 is 0 Å². The van der Waals surface area contributed by atoms with Crippen LogP contribution in [0.2, 0.25) is 0 Å². The molecule has 0 saturated carbocycles.